The summed E-state index contributed by atoms with van der Waals surface area (Å²) in [5, 5.41) is 5.33. The van der Waals surface area contributed by atoms with Gasteiger partial charge < -0.3 is 24.7 Å². The van der Waals surface area contributed by atoms with E-state index in [1.165, 1.54) is 0 Å². The molecule has 2 amide bonds. The molecule has 1 aliphatic heterocycles. The average Bonchev–Trinajstić information content (AvgIpc) is 2.99. The molecule has 1 aliphatic rings. The Morgan fingerprint density at radius 2 is 1.54 bits per heavy atom. The summed E-state index contributed by atoms with van der Waals surface area (Å²) in [6.45, 7) is 9.39. The highest BCUT2D eigenvalue weighted by molar-refractivity contribution is 7.83. The second-order valence-corrected chi connectivity index (χ2v) is 8.31. The number of ether oxygens (including phenoxy) is 2. The van der Waals surface area contributed by atoms with E-state index in [9.17, 15) is 13.8 Å². The van der Waals surface area contributed by atoms with Gasteiger partial charge in [0.15, 0.2) is 0 Å². The summed E-state index contributed by atoms with van der Waals surface area (Å²) < 4.78 is 24.5. The quantitative estimate of drug-likeness (QED) is 0.783. The van der Waals surface area contributed by atoms with Gasteiger partial charge in [-0.1, -0.05) is 0 Å². The van der Waals surface area contributed by atoms with Crippen LogP contribution < -0.4 is 10.6 Å². The second kappa shape index (κ2) is 8.57. The Bertz CT molecular complexity index is 712. The normalized spacial score (nSPS) is 15.9. The standard InChI is InChI=1S/C17H27N3O5S/c1-10(2)18-16(21)24-6-13-12(5)20-9-26(23)8-15(20)14(13)7-25-17(22)19-11(3)4/h10-11H,6-9H2,1-5H3,(H,18,21)(H,19,22)/t26-/m0/s1. The molecule has 0 bridgehead atoms. The van der Waals surface area contributed by atoms with Gasteiger partial charge in [-0.3, -0.25) is 4.21 Å². The third kappa shape index (κ3) is 5.00. The van der Waals surface area contributed by atoms with Gasteiger partial charge in [0.1, 0.15) is 13.2 Å². The Hall–Kier alpha value is -2.03. The van der Waals surface area contributed by atoms with Crippen molar-refractivity contribution in [3.8, 4) is 0 Å². The lowest BCUT2D eigenvalue weighted by atomic mass is 10.1. The molecule has 0 aliphatic carbocycles. The largest absolute Gasteiger partial charge is 0.445 e. The van der Waals surface area contributed by atoms with Crippen molar-refractivity contribution in [2.45, 2.75) is 71.5 Å². The maximum absolute atomic E-state index is 11.9. The van der Waals surface area contributed by atoms with Crippen LogP contribution in [0, 0.1) is 6.92 Å². The highest BCUT2D eigenvalue weighted by Gasteiger charge is 2.28. The Balaban J connectivity index is 2.16. The van der Waals surface area contributed by atoms with Crippen LogP contribution in [0.2, 0.25) is 0 Å². The fourth-order valence-corrected chi connectivity index (χ4v) is 4.16. The number of hydrogen-bond donors (Lipinski definition) is 2. The molecule has 1 atom stereocenters. The van der Waals surface area contributed by atoms with Crippen LogP contribution in [0.25, 0.3) is 0 Å². The predicted molar refractivity (Wildman–Crippen MR) is 97.9 cm³/mol. The van der Waals surface area contributed by atoms with Crippen molar-refractivity contribution in [3.63, 3.8) is 0 Å². The lowest BCUT2D eigenvalue weighted by Crippen LogP contribution is -2.31. The van der Waals surface area contributed by atoms with Crippen molar-refractivity contribution in [1.29, 1.82) is 0 Å². The number of amides is 2. The van der Waals surface area contributed by atoms with Gasteiger partial charge in [-0.05, 0) is 34.6 Å². The Kier molecular flexibility index (Phi) is 6.69. The third-order valence-corrected chi connectivity index (χ3v) is 5.10. The van der Waals surface area contributed by atoms with E-state index in [1.807, 2.05) is 39.2 Å². The van der Waals surface area contributed by atoms with Crippen LogP contribution in [-0.2, 0) is 45.1 Å². The van der Waals surface area contributed by atoms with Gasteiger partial charge in [-0.2, -0.15) is 0 Å². The van der Waals surface area contributed by atoms with Crippen LogP contribution in [0.5, 0.6) is 0 Å². The van der Waals surface area contributed by atoms with E-state index in [1.54, 1.807) is 0 Å². The fourth-order valence-electron chi connectivity index (χ4n) is 2.79. The van der Waals surface area contributed by atoms with Crippen LogP contribution in [0.4, 0.5) is 9.59 Å². The number of nitrogens with one attached hydrogen (secondary N) is 2. The molecule has 2 rings (SSSR count). The molecule has 0 aromatic carbocycles. The highest BCUT2D eigenvalue weighted by atomic mass is 32.2. The van der Waals surface area contributed by atoms with E-state index in [0.29, 0.717) is 11.6 Å². The van der Waals surface area contributed by atoms with Crippen LogP contribution in [0.15, 0.2) is 0 Å². The van der Waals surface area contributed by atoms with E-state index in [4.69, 9.17) is 9.47 Å². The number of fused-ring (bicyclic) bond motifs is 1. The number of carbonyl (C=O) groups excluding carboxylic acids is 2. The molecular formula is C17H27N3O5S. The monoisotopic (exact) mass is 385 g/mol. The lowest BCUT2D eigenvalue weighted by Gasteiger charge is -2.13. The van der Waals surface area contributed by atoms with E-state index in [-0.39, 0.29) is 25.3 Å². The minimum atomic E-state index is -0.974. The molecule has 8 nitrogen and oxygen atoms in total. The number of nitrogens with zero attached hydrogens (tertiary/aromatic N) is 1. The molecule has 9 heteroatoms. The van der Waals surface area contributed by atoms with Crippen molar-refractivity contribution in [3.05, 3.63) is 22.5 Å². The first-order chi connectivity index (χ1) is 12.2. The summed E-state index contributed by atoms with van der Waals surface area (Å²) in [7, 11) is -0.974. The first-order valence-electron chi connectivity index (χ1n) is 8.60. The van der Waals surface area contributed by atoms with Gasteiger partial charge >= 0.3 is 12.2 Å². The van der Waals surface area contributed by atoms with Crippen molar-refractivity contribution >= 4 is 23.0 Å². The maximum atomic E-state index is 11.9. The first-order valence-corrected chi connectivity index (χ1v) is 10.1. The van der Waals surface area contributed by atoms with E-state index < -0.39 is 23.0 Å². The Morgan fingerprint density at radius 1 is 1.04 bits per heavy atom. The fraction of sp³-hybridized carbons (Fsp3) is 0.647. The number of carbonyl (C=O) groups is 2. The molecule has 0 saturated heterocycles. The topological polar surface area (TPSA) is 98.7 Å². The Morgan fingerprint density at radius 3 is 2.04 bits per heavy atom. The highest BCUT2D eigenvalue weighted by Crippen LogP contribution is 2.30. The maximum Gasteiger partial charge on any atom is 0.407 e. The van der Waals surface area contributed by atoms with Gasteiger partial charge in [0.05, 0.1) is 11.6 Å². The molecule has 0 spiro atoms. The summed E-state index contributed by atoms with van der Waals surface area (Å²) in [6.07, 6.45) is -1.01. The zero-order valence-electron chi connectivity index (χ0n) is 15.9. The minimum Gasteiger partial charge on any atom is -0.445 e. The van der Waals surface area contributed by atoms with Gasteiger partial charge in [-0.15, -0.1) is 0 Å². The van der Waals surface area contributed by atoms with Gasteiger partial charge in [0.25, 0.3) is 0 Å². The molecule has 26 heavy (non-hydrogen) atoms. The van der Waals surface area contributed by atoms with E-state index in [0.717, 1.165) is 22.5 Å². The molecule has 1 aromatic heterocycles. The predicted octanol–water partition coefficient (Wildman–Crippen LogP) is 2.29. The van der Waals surface area contributed by atoms with Crippen LogP contribution in [0.1, 0.15) is 50.2 Å². The number of hydrogen-bond acceptors (Lipinski definition) is 5. The smallest absolute Gasteiger partial charge is 0.407 e. The van der Waals surface area contributed by atoms with E-state index in [2.05, 4.69) is 10.6 Å². The first kappa shape index (κ1) is 20.3. The third-order valence-electron chi connectivity index (χ3n) is 3.96. The number of alkyl carbamates (subject to hydrolysis) is 2. The zero-order chi connectivity index (χ0) is 19.4. The van der Waals surface area contributed by atoms with Crippen molar-refractivity contribution in [2.24, 2.45) is 0 Å². The van der Waals surface area contributed by atoms with Gasteiger partial charge in [0, 0.05) is 45.4 Å². The number of rotatable bonds is 6. The molecule has 0 radical (unpaired) electrons. The molecule has 0 unspecified atom stereocenters. The second-order valence-electron chi connectivity index (χ2n) is 6.88. The van der Waals surface area contributed by atoms with Crippen molar-refractivity contribution in [2.75, 3.05) is 0 Å². The summed E-state index contributed by atoms with van der Waals surface area (Å²) >= 11 is 0. The van der Waals surface area contributed by atoms with E-state index >= 15 is 0 Å². The Labute approximate surface area is 156 Å². The molecule has 2 N–H and O–H groups in total. The summed E-state index contributed by atoms with van der Waals surface area (Å²) in [5.74, 6) is 0.814. The molecule has 0 fully saturated rings. The van der Waals surface area contributed by atoms with Crippen LogP contribution >= 0.6 is 0 Å². The molecule has 146 valence electrons. The average molecular weight is 385 g/mol. The molecule has 1 aromatic rings. The SMILES string of the molecule is Cc1c(COC(=O)NC(C)C)c(COC(=O)NC(C)C)c2n1C[S@@](=O)C2. The van der Waals surface area contributed by atoms with Gasteiger partial charge in [0.2, 0.25) is 0 Å². The van der Waals surface area contributed by atoms with Crippen LogP contribution in [-0.4, -0.2) is 33.0 Å². The van der Waals surface area contributed by atoms with Crippen LogP contribution in [0.3, 0.4) is 0 Å². The van der Waals surface area contributed by atoms with Gasteiger partial charge in [-0.25, -0.2) is 9.59 Å². The summed E-state index contributed by atoms with van der Waals surface area (Å²) in [6, 6.07) is -0.0494. The molecular weight excluding hydrogens is 358 g/mol. The van der Waals surface area contributed by atoms with Crippen molar-refractivity contribution < 1.29 is 23.3 Å². The molecule has 2 heterocycles. The lowest BCUT2D eigenvalue weighted by molar-refractivity contribution is 0.129. The van der Waals surface area contributed by atoms with Crippen molar-refractivity contribution in [1.82, 2.24) is 15.2 Å². The number of aromatic nitrogens is 1. The molecule has 0 saturated carbocycles. The summed E-state index contributed by atoms with van der Waals surface area (Å²) in [4.78, 5) is 23.6. The zero-order valence-corrected chi connectivity index (χ0v) is 16.7. The minimum absolute atomic E-state index is 0.0207. The summed E-state index contributed by atoms with van der Waals surface area (Å²) in [5.41, 5.74) is 3.32.